The molecule has 0 aliphatic heterocycles. The molecule has 0 aliphatic rings. The average Bonchev–Trinajstić information content (AvgIpc) is 2.66. The maximum absolute atomic E-state index is 12.7. The number of carbonyl (C=O) groups is 3. The monoisotopic (exact) mass is 437 g/mol. The van der Waals surface area contributed by atoms with Gasteiger partial charge in [-0.05, 0) is 42.3 Å². The van der Waals surface area contributed by atoms with Crippen molar-refractivity contribution in [2.24, 2.45) is 11.7 Å². The number of nitrogens with one attached hydrogen (secondary N) is 2. The fraction of sp³-hybridized carbons (Fsp3) is 0.250. The molecule has 10 heteroatoms. The molecule has 0 saturated heterocycles. The normalized spacial score (nSPS) is 11.8. The molecule has 3 amide bonds. The molecular weight excluding hydrogens is 416 g/mol. The summed E-state index contributed by atoms with van der Waals surface area (Å²) in [5.74, 6) is -4.52. The van der Waals surface area contributed by atoms with Crippen molar-refractivity contribution in [3.8, 4) is 0 Å². The van der Waals surface area contributed by atoms with Crippen LogP contribution in [0.25, 0.3) is 0 Å². The molecule has 0 aliphatic carbocycles. The first-order chi connectivity index (χ1) is 14.2. The van der Waals surface area contributed by atoms with Crippen LogP contribution in [0.1, 0.15) is 24.2 Å². The van der Waals surface area contributed by atoms with E-state index in [1.807, 2.05) is 5.32 Å². The number of imide groups is 1. The van der Waals surface area contributed by atoms with Gasteiger partial charge in [-0.15, -0.1) is 0 Å². The van der Waals surface area contributed by atoms with E-state index in [1.165, 1.54) is 18.2 Å². The zero-order valence-corrected chi connectivity index (χ0v) is 17.0. The molecule has 0 bridgehead atoms. The molecule has 0 saturated carbocycles. The smallest absolute Gasteiger partial charge is 0.341 e. The Morgan fingerprint density at radius 2 is 1.67 bits per heavy atom. The Kier molecular flexibility index (Phi) is 8.16. The highest BCUT2D eigenvalue weighted by Crippen LogP contribution is 2.28. The van der Waals surface area contributed by atoms with Crippen molar-refractivity contribution in [1.29, 1.82) is 0 Å². The van der Waals surface area contributed by atoms with E-state index in [0.717, 1.165) is 0 Å². The average molecular weight is 437 g/mol. The Morgan fingerprint density at radius 3 is 2.23 bits per heavy atom. The van der Waals surface area contributed by atoms with E-state index in [9.17, 15) is 23.2 Å². The predicted octanol–water partition coefficient (Wildman–Crippen LogP) is 4.12. The second-order valence-electron chi connectivity index (χ2n) is 6.50. The third-order valence-electron chi connectivity index (χ3n) is 3.85. The fourth-order valence-corrected chi connectivity index (χ4v) is 3.01. The molecular formula is C20H21F2N3O4S. The first-order valence-electron chi connectivity index (χ1n) is 8.89. The van der Waals surface area contributed by atoms with Gasteiger partial charge in [-0.3, -0.25) is 10.1 Å². The highest BCUT2D eigenvalue weighted by Gasteiger charge is 2.28. The third kappa shape index (κ3) is 6.73. The zero-order chi connectivity index (χ0) is 22.3. The van der Waals surface area contributed by atoms with Crippen molar-refractivity contribution in [1.82, 2.24) is 5.32 Å². The van der Waals surface area contributed by atoms with Crippen LogP contribution in [-0.4, -0.2) is 29.8 Å². The van der Waals surface area contributed by atoms with Crippen LogP contribution in [0.2, 0.25) is 0 Å². The maximum atomic E-state index is 12.7. The van der Waals surface area contributed by atoms with Crippen molar-refractivity contribution >= 4 is 41.0 Å². The predicted molar refractivity (Wildman–Crippen MR) is 110 cm³/mol. The number of ether oxygens (including phenoxy) is 1. The zero-order valence-electron chi connectivity index (χ0n) is 16.2. The number of para-hydroxylation sites is 1. The number of benzene rings is 2. The number of anilines is 2. The van der Waals surface area contributed by atoms with Crippen LogP contribution >= 0.6 is 11.8 Å². The Morgan fingerprint density at radius 1 is 1.03 bits per heavy atom. The quantitative estimate of drug-likeness (QED) is 0.423. The van der Waals surface area contributed by atoms with E-state index in [4.69, 9.17) is 10.5 Å². The van der Waals surface area contributed by atoms with Crippen molar-refractivity contribution < 1.29 is 27.9 Å². The summed E-state index contributed by atoms with van der Waals surface area (Å²) in [6, 6.07) is 11.7. The number of primary amides is 1. The molecule has 2 rings (SSSR count). The van der Waals surface area contributed by atoms with Gasteiger partial charge in [0.05, 0.1) is 11.3 Å². The molecule has 0 aromatic heterocycles. The van der Waals surface area contributed by atoms with Crippen LogP contribution in [0.4, 0.5) is 25.0 Å². The van der Waals surface area contributed by atoms with Crippen LogP contribution in [-0.2, 0) is 9.53 Å². The third-order valence-corrected chi connectivity index (χ3v) is 4.57. The summed E-state index contributed by atoms with van der Waals surface area (Å²) in [7, 11) is 0. The second-order valence-corrected chi connectivity index (χ2v) is 7.56. The number of halogens is 2. The lowest BCUT2D eigenvalue weighted by atomic mass is 10.1. The Bertz CT molecular complexity index is 907. The minimum atomic E-state index is -2.51. The minimum absolute atomic E-state index is 0.154. The largest absolute Gasteiger partial charge is 0.448 e. The van der Waals surface area contributed by atoms with Crippen molar-refractivity contribution in [3.63, 3.8) is 0 Å². The summed E-state index contributed by atoms with van der Waals surface area (Å²) in [6.45, 7) is 3.31. The van der Waals surface area contributed by atoms with Crippen molar-refractivity contribution in [2.75, 3.05) is 5.32 Å². The number of hydrogen-bond donors (Lipinski definition) is 3. The second kappa shape index (κ2) is 10.6. The Labute approximate surface area is 176 Å². The van der Waals surface area contributed by atoms with Gasteiger partial charge in [0.25, 0.3) is 11.7 Å². The molecule has 0 heterocycles. The van der Waals surface area contributed by atoms with E-state index < -0.39 is 35.7 Å². The molecule has 7 nitrogen and oxygen atoms in total. The summed E-state index contributed by atoms with van der Waals surface area (Å²) in [4.78, 5) is 36.1. The van der Waals surface area contributed by atoms with E-state index in [1.54, 1.807) is 44.2 Å². The topological polar surface area (TPSA) is 111 Å². The maximum Gasteiger partial charge on any atom is 0.341 e. The lowest BCUT2D eigenvalue weighted by molar-refractivity contribution is -0.130. The number of esters is 1. The Balaban J connectivity index is 2.17. The first kappa shape index (κ1) is 23.1. The number of amides is 3. The highest BCUT2D eigenvalue weighted by atomic mass is 32.2. The number of nitrogens with two attached hydrogens (primary N) is 1. The van der Waals surface area contributed by atoms with E-state index in [0.29, 0.717) is 28.0 Å². The lowest BCUT2D eigenvalue weighted by Crippen LogP contribution is -2.45. The molecule has 4 N–H and O–H groups in total. The minimum Gasteiger partial charge on any atom is -0.448 e. The summed E-state index contributed by atoms with van der Waals surface area (Å²) >= 11 is 0.432. The van der Waals surface area contributed by atoms with E-state index in [-0.39, 0.29) is 5.56 Å². The SMILES string of the molecule is CC(C)[C@H](OC(=O)c1ccccc1Nc1ccc(SC(F)F)cc1)C(=O)NC(N)=O. The van der Waals surface area contributed by atoms with Gasteiger partial charge in [-0.2, -0.15) is 8.78 Å². The van der Waals surface area contributed by atoms with Crippen LogP contribution in [0, 0.1) is 5.92 Å². The highest BCUT2D eigenvalue weighted by molar-refractivity contribution is 7.99. The van der Waals surface area contributed by atoms with Gasteiger partial charge in [0.15, 0.2) is 6.10 Å². The van der Waals surface area contributed by atoms with Gasteiger partial charge in [0.2, 0.25) is 0 Å². The van der Waals surface area contributed by atoms with Crippen LogP contribution in [0.3, 0.4) is 0 Å². The number of hydrogen-bond acceptors (Lipinski definition) is 6. The van der Waals surface area contributed by atoms with Crippen LogP contribution < -0.4 is 16.4 Å². The fourth-order valence-electron chi connectivity index (χ4n) is 2.51. The van der Waals surface area contributed by atoms with Gasteiger partial charge in [0.1, 0.15) is 0 Å². The lowest BCUT2D eigenvalue weighted by Gasteiger charge is -2.20. The van der Waals surface area contributed by atoms with Gasteiger partial charge in [-0.1, -0.05) is 37.7 Å². The molecule has 0 unspecified atom stereocenters. The Hall–Kier alpha value is -3.14. The molecule has 0 radical (unpaired) electrons. The molecule has 1 atom stereocenters. The van der Waals surface area contributed by atoms with Crippen LogP contribution in [0.15, 0.2) is 53.4 Å². The standard InChI is InChI=1S/C20H21F2N3O4S/c1-11(2)16(17(26)25-20(23)28)29-18(27)14-5-3-4-6-15(14)24-12-7-9-13(10-8-12)30-19(21)22/h3-11,16,19,24H,1-2H3,(H3,23,25,26,28)/t16-/m0/s1. The van der Waals surface area contributed by atoms with Crippen LogP contribution in [0.5, 0.6) is 0 Å². The number of urea groups is 1. The van der Waals surface area contributed by atoms with Crippen molar-refractivity contribution in [2.45, 2.75) is 30.6 Å². The number of thioether (sulfide) groups is 1. The molecule has 2 aromatic carbocycles. The number of rotatable bonds is 8. The summed E-state index contributed by atoms with van der Waals surface area (Å²) in [5.41, 5.74) is 6.08. The van der Waals surface area contributed by atoms with Gasteiger partial charge in [-0.25, -0.2) is 9.59 Å². The first-order valence-corrected chi connectivity index (χ1v) is 9.77. The summed E-state index contributed by atoms with van der Waals surface area (Å²) < 4.78 is 30.2. The molecule has 0 fully saturated rings. The van der Waals surface area contributed by atoms with Gasteiger partial charge >= 0.3 is 12.0 Å². The number of alkyl halides is 2. The molecule has 160 valence electrons. The van der Waals surface area contributed by atoms with E-state index in [2.05, 4.69) is 5.32 Å². The van der Waals surface area contributed by atoms with Gasteiger partial charge < -0.3 is 15.8 Å². The van der Waals surface area contributed by atoms with Gasteiger partial charge in [0, 0.05) is 10.6 Å². The number of carbonyl (C=O) groups excluding carboxylic acids is 3. The molecule has 0 spiro atoms. The van der Waals surface area contributed by atoms with Crippen molar-refractivity contribution in [3.05, 3.63) is 54.1 Å². The summed E-state index contributed by atoms with van der Waals surface area (Å²) in [6.07, 6.45) is -1.22. The molecule has 30 heavy (non-hydrogen) atoms. The molecule has 2 aromatic rings. The summed E-state index contributed by atoms with van der Waals surface area (Å²) in [5, 5.41) is 4.93. The van der Waals surface area contributed by atoms with E-state index >= 15 is 0 Å².